The van der Waals surface area contributed by atoms with E-state index in [9.17, 15) is 9.18 Å². The van der Waals surface area contributed by atoms with Crippen molar-refractivity contribution in [3.8, 4) is 5.69 Å². The molecule has 7 heteroatoms. The summed E-state index contributed by atoms with van der Waals surface area (Å²) in [6.45, 7) is 1.85. The number of hydrogen-bond acceptors (Lipinski definition) is 3. The normalized spacial score (nSPS) is 11.8. The van der Waals surface area contributed by atoms with Crippen molar-refractivity contribution in [2.24, 2.45) is 0 Å². The van der Waals surface area contributed by atoms with E-state index in [1.807, 2.05) is 31.2 Å². The standard InChI is InChI=1S/C17H16FN5O/c1-12(21-17(24)22-16-5-3-2-4-15(16)18)13-6-8-14(9-7-13)23-11-19-10-20-23/h2-12H,1H3,(H2,21,22,24)/t12-/m0/s1. The number of rotatable bonds is 4. The molecule has 24 heavy (non-hydrogen) atoms. The van der Waals surface area contributed by atoms with Gasteiger partial charge in [0.1, 0.15) is 18.5 Å². The number of benzene rings is 2. The highest BCUT2D eigenvalue weighted by molar-refractivity contribution is 5.89. The highest BCUT2D eigenvalue weighted by Gasteiger charge is 2.11. The van der Waals surface area contributed by atoms with Crippen molar-refractivity contribution in [3.05, 3.63) is 72.6 Å². The fraction of sp³-hybridized carbons (Fsp3) is 0.118. The van der Waals surface area contributed by atoms with Crippen LogP contribution in [0.1, 0.15) is 18.5 Å². The van der Waals surface area contributed by atoms with Gasteiger partial charge in [0.05, 0.1) is 17.4 Å². The highest BCUT2D eigenvalue weighted by Crippen LogP contribution is 2.16. The van der Waals surface area contributed by atoms with Crippen molar-refractivity contribution in [2.45, 2.75) is 13.0 Å². The molecule has 0 unspecified atom stereocenters. The maximum absolute atomic E-state index is 13.5. The molecule has 6 nitrogen and oxygen atoms in total. The molecule has 0 bridgehead atoms. The van der Waals surface area contributed by atoms with Gasteiger partial charge in [0, 0.05) is 0 Å². The molecule has 0 radical (unpaired) electrons. The van der Waals surface area contributed by atoms with Crippen molar-refractivity contribution < 1.29 is 9.18 Å². The van der Waals surface area contributed by atoms with Crippen LogP contribution in [0.2, 0.25) is 0 Å². The summed E-state index contributed by atoms with van der Waals surface area (Å²) >= 11 is 0. The van der Waals surface area contributed by atoms with Crippen molar-refractivity contribution in [1.82, 2.24) is 20.1 Å². The Labute approximate surface area is 138 Å². The third kappa shape index (κ3) is 3.57. The molecule has 0 fully saturated rings. The first-order chi connectivity index (χ1) is 11.6. The largest absolute Gasteiger partial charge is 0.331 e. The molecule has 1 heterocycles. The number of para-hydroxylation sites is 1. The van der Waals surface area contributed by atoms with E-state index in [4.69, 9.17) is 0 Å². The van der Waals surface area contributed by atoms with Gasteiger partial charge in [0.25, 0.3) is 0 Å². The van der Waals surface area contributed by atoms with E-state index >= 15 is 0 Å². The first kappa shape index (κ1) is 15.7. The Morgan fingerprint density at radius 3 is 2.58 bits per heavy atom. The molecule has 3 rings (SSSR count). The lowest BCUT2D eigenvalue weighted by atomic mass is 10.1. The van der Waals surface area contributed by atoms with Crippen molar-refractivity contribution >= 4 is 11.7 Å². The summed E-state index contributed by atoms with van der Waals surface area (Å²) in [5, 5.41) is 9.33. The molecule has 0 saturated heterocycles. The van der Waals surface area contributed by atoms with E-state index in [1.165, 1.54) is 18.5 Å². The van der Waals surface area contributed by atoms with Crippen molar-refractivity contribution in [2.75, 3.05) is 5.32 Å². The summed E-state index contributed by atoms with van der Waals surface area (Å²) < 4.78 is 15.2. The Morgan fingerprint density at radius 1 is 1.17 bits per heavy atom. The van der Waals surface area contributed by atoms with E-state index in [1.54, 1.807) is 23.1 Å². The Morgan fingerprint density at radius 2 is 1.92 bits per heavy atom. The number of anilines is 1. The van der Waals surface area contributed by atoms with Gasteiger partial charge in [-0.1, -0.05) is 24.3 Å². The number of amides is 2. The summed E-state index contributed by atoms with van der Waals surface area (Å²) in [6.07, 6.45) is 3.07. The number of nitrogens with zero attached hydrogens (tertiary/aromatic N) is 3. The fourth-order valence-electron chi connectivity index (χ4n) is 2.26. The molecule has 122 valence electrons. The maximum atomic E-state index is 13.5. The zero-order valence-electron chi connectivity index (χ0n) is 13.0. The highest BCUT2D eigenvalue weighted by atomic mass is 19.1. The predicted octanol–water partition coefficient (Wildman–Crippen LogP) is 3.29. The Balaban J connectivity index is 1.63. The summed E-state index contributed by atoms with van der Waals surface area (Å²) in [6, 6.07) is 12.9. The monoisotopic (exact) mass is 325 g/mol. The molecule has 0 aliphatic rings. The molecule has 2 amide bonds. The van der Waals surface area contributed by atoms with Crippen LogP contribution in [0.3, 0.4) is 0 Å². The number of hydrogen-bond donors (Lipinski definition) is 2. The van der Waals surface area contributed by atoms with Gasteiger partial charge in [0.15, 0.2) is 0 Å². The van der Waals surface area contributed by atoms with Gasteiger partial charge < -0.3 is 10.6 Å². The molecule has 0 saturated carbocycles. The maximum Gasteiger partial charge on any atom is 0.319 e. The topological polar surface area (TPSA) is 71.8 Å². The predicted molar refractivity (Wildman–Crippen MR) is 88.3 cm³/mol. The zero-order valence-corrected chi connectivity index (χ0v) is 13.0. The minimum Gasteiger partial charge on any atom is -0.331 e. The average Bonchev–Trinajstić information content (AvgIpc) is 3.11. The second-order valence-electron chi connectivity index (χ2n) is 5.23. The fourth-order valence-corrected chi connectivity index (χ4v) is 2.26. The van der Waals surface area contributed by atoms with Gasteiger partial charge in [-0.2, -0.15) is 5.10 Å². The lowest BCUT2D eigenvalue weighted by molar-refractivity contribution is 0.249. The molecule has 1 atom stereocenters. The van der Waals surface area contributed by atoms with E-state index in [2.05, 4.69) is 20.7 Å². The zero-order chi connectivity index (χ0) is 16.9. The number of carbonyl (C=O) groups excluding carboxylic acids is 1. The molecule has 2 aromatic carbocycles. The molecular weight excluding hydrogens is 309 g/mol. The summed E-state index contributed by atoms with van der Waals surface area (Å²) in [5.74, 6) is -0.475. The summed E-state index contributed by atoms with van der Waals surface area (Å²) in [5.41, 5.74) is 1.94. The number of carbonyl (C=O) groups is 1. The minimum atomic E-state index is -0.475. The average molecular weight is 325 g/mol. The van der Waals surface area contributed by atoms with Gasteiger partial charge in [0.2, 0.25) is 0 Å². The minimum absolute atomic E-state index is 0.142. The molecule has 0 aliphatic carbocycles. The molecular formula is C17H16FN5O. The molecule has 3 aromatic rings. The Kier molecular flexibility index (Phi) is 4.51. The third-order valence-electron chi connectivity index (χ3n) is 3.55. The number of urea groups is 1. The summed E-state index contributed by atoms with van der Waals surface area (Å²) in [4.78, 5) is 15.9. The van der Waals surface area contributed by atoms with Crippen LogP contribution in [-0.4, -0.2) is 20.8 Å². The van der Waals surface area contributed by atoms with E-state index < -0.39 is 11.8 Å². The molecule has 1 aromatic heterocycles. The van der Waals surface area contributed by atoms with Crippen LogP contribution in [0.25, 0.3) is 5.69 Å². The molecule has 0 aliphatic heterocycles. The number of nitrogens with one attached hydrogen (secondary N) is 2. The third-order valence-corrected chi connectivity index (χ3v) is 3.55. The van der Waals surface area contributed by atoms with Crippen LogP contribution in [0, 0.1) is 5.82 Å². The smallest absolute Gasteiger partial charge is 0.319 e. The van der Waals surface area contributed by atoms with Crippen LogP contribution in [0.5, 0.6) is 0 Å². The van der Waals surface area contributed by atoms with Crippen LogP contribution in [0.4, 0.5) is 14.9 Å². The van der Waals surface area contributed by atoms with Crippen LogP contribution in [-0.2, 0) is 0 Å². The summed E-state index contributed by atoms with van der Waals surface area (Å²) in [7, 11) is 0. The quantitative estimate of drug-likeness (QED) is 0.773. The van der Waals surface area contributed by atoms with Crippen LogP contribution >= 0.6 is 0 Å². The van der Waals surface area contributed by atoms with Crippen molar-refractivity contribution in [3.63, 3.8) is 0 Å². The van der Waals surface area contributed by atoms with Crippen LogP contribution in [0.15, 0.2) is 61.2 Å². The SMILES string of the molecule is C[C@H](NC(=O)Nc1ccccc1F)c1ccc(-n2cncn2)cc1. The lowest BCUT2D eigenvalue weighted by Gasteiger charge is -2.15. The Bertz CT molecular complexity index is 817. The number of halogens is 1. The second-order valence-corrected chi connectivity index (χ2v) is 5.23. The van der Waals surface area contributed by atoms with E-state index in [0.717, 1.165) is 11.3 Å². The van der Waals surface area contributed by atoms with Gasteiger partial charge in [-0.3, -0.25) is 0 Å². The van der Waals surface area contributed by atoms with Crippen molar-refractivity contribution in [1.29, 1.82) is 0 Å². The van der Waals surface area contributed by atoms with Gasteiger partial charge in [-0.15, -0.1) is 0 Å². The first-order valence-electron chi connectivity index (χ1n) is 7.40. The van der Waals surface area contributed by atoms with E-state index in [0.29, 0.717) is 0 Å². The van der Waals surface area contributed by atoms with Gasteiger partial charge in [-0.25, -0.2) is 18.9 Å². The number of aromatic nitrogens is 3. The molecule has 2 N–H and O–H groups in total. The second kappa shape index (κ2) is 6.91. The molecule has 0 spiro atoms. The van der Waals surface area contributed by atoms with Gasteiger partial charge in [-0.05, 0) is 36.8 Å². The van der Waals surface area contributed by atoms with E-state index in [-0.39, 0.29) is 11.7 Å². The first-order valence-corrected chi connectivity index (χ1v) is 7.40. The lowest BCUT2D eigenvalue weighted by Crippen LogP contribution is -2.31. The Hall–Kier alpha value is -3.22. The van der Waals surface area contributed by atoms with Crippen LogP contribution < -0.4 is 10.6 Å². The van der Waals surface area contributed by atoms with Gasteiger partial charge >= 0.3 is 6.03 Å².